The average molecular weight is 521 g/mol. The lowest BCUT2D eigenvalue weighted by Crippen LogP contribution is -2.49. The van der Waals surface area contributed by atoms with E-state index in [2.05, 4.69) is 0 Å². The molecule has 184 valence electrons. The van der Waals surface area contributed by atoms with E-state index >= 15 is 0 Å². The van der Waals surface area contributed by atoms with E-state index in [1.165, 1.54) is 37.4 Å². The lowest BCUT2D eigenvalue weighted by molar-refractivity contribution is 0.0747. The summed E-state index contributed by atoms with van der Waals surface area (Å²) < 4.78 is 57.0. The van der Waals surface area contributed by atoms with Crippen molar-refractivity contribution in [2.24, 2.45) is 0 Å². The van der Waals surface area contributed by atoms with Gasteiger partial charge in [0.2, 0.25) is 0 Å². The number of ether oxygens (including phenoxy) is 1. The second kappa shape index (κ2) is 9.83. The van der Waals surface area contributed by atoms with Crippen LogP contribution in [0, 0.1) is 11.6 Å². The molecule has 1 heterocycles. The van der Waals surface area contributed by atoms with Gasteiger partial charge in [0.25, 0.3) is 5.91 Å². The highest BCUT2D eigenvalue weighted by molar-refractivity contribution is 7.90. The van der Waals surface area contributed by atoms with Gasteiger partial charge in [0.15, 0.2) is 21.4 Å². The van der Waals surface area contributed by atoms with Crippen LogP contribution in [0.4, 0.5) is 14.5 Å². The minimum atomic E-state index is -3.55. The minimum absolute atomic E-state index is 0.0219. The molecule has 0 saturated carbocycles. The third-order valence-electron chi connectivity index (χ3n) is 5.92. The first-order valence-corrected chi connectivity index (χ1v) is 13.0. The zero-order chi connectivity index (χ0) is 25.3. The molecule has 1 fully saturated rings. The number of rotatable bonds is 5. The summed E-state index contributed by atoms with van der Waals surface area (Å²) in [5.41, 5.74) is 1.89. The summed E-state index contributed by atoms with van der Waals surface area (Å²) in [5, 5.41) is 0.155. The molecule has 6 nitrogen and oxygen atoms in total. The van der Waals surface area contributed by atoms with Crippen LogP contribution in [0.2, 0.25) is 5.02 Å². The second-order valence-corrected chi connectivity index (χ2v) is 10.6. The smallest absolute Gasteiger partial charge is 0.254 e. The van der Waals surface area contributed by atoms with E-state index in [9.17, 15) is 22.0 Å². The van der Waals surface area contributed by atoms with Gasteiger partial charge in [-0.25, -0.2) is 17.2 Å². The maximum Gasteiger partial charge on any atom is 0.254 e. The highest BCUT2D eigenvalue weighted by Gasteiger charge is 2.26. The third-order valence-corrected chi connectivity index (χ3v) is 7.32. The fraction of sp³-hybridized carbons (Fsp3) is 0.240. The molecular formula is C25H23ClF2N2O4S. The zero-order valence-corrected chi connectivity index (χ0v) is 20.7. The molecule has 1 saturated heterocycles. The number of benzene rings is 3. The Morgan fingerprint density at radius 1 is 0.971 bits per heavy atom. The van der Waals surface area contributed by atoms with Gasteiger partial charge in [0.05, 0.1) is 17.0 Å². The number of hydrogen-bond acceptors (Lipinski definition) is 5. The Kier molecular flexibility index (Phi) is 7.00. The Hall–Kier alpha value is -3.17. The number of anilines is 1. The van der Waals surface area contributed by atoms with Gasteiger partial charge in [-0.05, 0) is 41.5 Å². The van der Waals surface area contributed by atoms with Gasteiger partial charge in [-0.15, -0.1) is 0 Å². The number of carbonyl (C=O) groups excluding carboxylic acids is 1. The molecule has 0 radical (unpaired) electrons. The molecule has 10 heteroatoms. The lowest BCUT2D eigenvalue weighted by Gasteiger charge is -2.36. The van der Waals surface area contributed by atoms with Gasteiger partial charge in [-0.2, -0.15) is 0 Å². The Labute approximate surface area is 207 Å². The predicted octanol–water partition coefficient (Wildman–Crippen LogP) is 4.66. The molecule has 3 aromatic rings. The van der Waals surface area contributed by atoms with Crippen molar-refractivity contribution in [3.8, 4) is 16.9 Å². The Morgan fingerprint density at radius 3 is 2.20 bits per heavy atom. The molecule has 4 rings (SSSR count). The van der Waals surface area contributed by atoms with E-state index in [4.69, 9.17) is 16.3 Å². The molecule has 0 atom stereocenters. The molecule has 0 aliphatic carbocycles. The number of halogens is 3. The van der Waals surface area contributed by atoms with Gasteiger partial charge in [-0.1, -0.05) is 29.8 Å². The Bertz CT molecular complexity index is 1350. The minimum Gasteiger partial charge on any atom is -0.492 e. The second-order valence-electron chi connectivity index (χ2n) is 8.21. The molecule has 0 unspecified atom stereocenters. The molecular weight excluding hydrogens is 498 g/mol. The first-order valence-electron chi connectivity index (χ1n) is 10.8. The van der Waals surface area contributed by atoms with E-state index in [0.717, 1.165) is 6.26 Å². The summed E-state index contributed by atoms with van der Waals surface area (Å²) in [7, 11) is -2.21. The summed E-state index contributed by atoms with van der Waals surface area (Å²) >= 11 is 6.12. The molecule has 1 aliphatic heterocycles. The third kappa shape index (κ3) is 5.26. The summed E-state index contributed by atoms with van der Waals surface area (Å²) in [6.45, 7) is 1.50. The van der Waals surface area contributed by atoms with Crippen molar-refractivity contribution in [1.82, 2.24) is 4.90 Å². The molecule has 1 amide bonds. The van der Waals surface area contributed by atoms with Crippen LogP contribution in [0.15, 0.2) is 59.5 Å². The number of piperazine rings is 1. The van der Waals surface area contributed by atoms with Gasteiger partial charge in [0.1, 0.15) is 5.82 Å². The van der Waals surface area contributed by atoms with E-state index in [0.29, 0.717) is 43.0 Å². The maximum atomic E-state index is 14.3. The summed E-state index contributed by atoms with van der Waals surface area (Å²) in [4.78, 5) is 17.1. The normalized spacial score (nSPS) is 14.2. The van der Waals surface area contributed by atoms with Gasteiger partial charge in [-0.3, -0.25) is 4.79 Å². The van der Waals surface area contributed by atoms with Crippen molar-refractivity contribution >= 4 is 33.0 Å². The molecule has 3 aromatic carbocycles. The van der Waals surface area contributed by atoms with Crippen molar-refractivity contribution in [1.29, 1.82) is 0 Å². The van der Waals surface area contributed by atoms with Crippen LogP contribution in [-0.4, -0.2) is 58.8 Å². The largest absolute Gasteiger partial charge is 0.492 e. The molecule has 0 spiro atoms. The molecule has 0 bridgehead atoms. The van der Waals surface area contributed by atoms with Crippen LogP contribution >= 0.6 is 11.6 Å². The zero-order valence-electron chi connectivity index (χ0n) is 19.1. The van der Waals surface area contributed by atoms with Gasteiger partial charge >= 0.3 is 0 Å². The number of methoxy groups -OCH3 is 1. The first kappa shape index (κ1) is 24.9. The monoisotopic (exact) mass is 520 g/mol. The van der Waals surface area contributed by atoms with Crippen LogP contribution in [0.3, 0.4) is 0 Å². The molecule has 35 heavy (non-hydrogen) atoms. The van der Waals surface area contributed by atoms with Crippen LogP contribution in [0.1, 0.15) is 10.4 Å². The van der Waals surface area contributed by atoms with Crippen molar-refractivity contribution in [3.05, 3.63) is 76.8 Å². The Balaban J connectivity index is 1.60. The van der Waals surface area contributed by atoms with E-state index in [1.807, 2.05) is 4.90 Å². The molecule has 0 N–H and O–H groups in total. The van der Waals surface area contributed by atoms with E-state index in [-0.39, 0.29) is 27.1 Å². The van der Waals surface area contributed by atoms with Crippen molar-refractivity contribution in [3.63, 3.8) is 0 Å². The van der Waals surface area contributed by atoms with Crippen LogP contribution < -0.4 is 9.64 Å². The average Bonchev–Trinajstić information content (AvgIpc) is 2.83. The van der Waals surface area contributed by atoms with E-state index in [1.54, 1.807) is 29.2 Å². The summed E-state index contributed by atoms with van der Waals surface area (Å²) in [5.74, 6) is -1.35. The van der Waals surface area contributed by atoms with Crippen LogP contribution in [-0.2, 0) is 9.84 Å². The van der Waals surface area contributed by atoms with Gasteiger partial charge < -0.3 is 14.5 Å². The quantitative estimate of drug-likeness (QED) is 0.489. The highest BCUT2D eigenvalue weighted by atomic mass is 35.5. The maximum absolute atomic E-state index is 14.3. The summed E-state index contributed by atoms with van der Waals surface area (Å²) in [6.07, 6.45) is 1.08. The van der Waals surface area contributed by atoms with Gasteiger partial charge in [0, 0.05) is 49.8 Å². The Morgan fingerprint density at radius 2 is 1.63 bits per heavy atom. The van der Waals surface area contributed by atoms with Crippen molar-refractivity contribution < 1.29 is 26.7 Å². The number of sulfone groups is 1. The lowest BCUT2D eigenvalue weighted by atomic mass is 9.98. The fourth-order valence-corrected chi connectivity index (χ4v) is 5.00. The van der Waals surface area contributed by atoms with Crippen LogP contribution in [0.5, 0.6) is 5.75 Å². The predicted molar refractivity (Wildman–Crippen MR) is 131 cm³/mol. The number of hydrogen-bond donors (Lipinski definition) is 0. The molecule has 1 aliphatic rings. The number of carbonyl (C=O) groups is 1. The van der Waals surface area contributed by atoms with Crippen LogP contribution in [0.25, 0.3) is 11.1 Å². The fourth-order valence-electron chi connectivity index (χ4n) is 4.07. The topological polar surface area (TPSA) is 66.9 Å². The van der Waals surface area contributed by atoms with Crippen molar-refractivity contribution in [2.75, 3.05) is 44.4 Å². The van der Waals surface area contributed by atoms with Crippen molar-refractivity contribution in [2.45, 2.75) is 4.90 Å². The highest BCUT2D eigenvalue weighted by Crippen LogP contribution is 2.33. The number of nitrogens with zero attached hydrogens (tertiary/aromatic N) is 2. The summed E-state index contributed by atoms with van der Waals surface area (Å²) in [6, 6.07) is 13.0. The number of amides is 1. The first-order chi connectivity index (χ1) is 16.6. The standard InChI is InChI=1S/C25H23ClF2N2O4S/c1-34-24-22(26)13-18(14-23(24)28)29-9-11-30(12-10-29)25(31)21-15-19(35(2,32)33)7-8-20(21)16-3-5-17(27)6-4-16/h3-8,13-15H,9-12H2,1-2H3. The molecule has 0 aromatic heterocycles. The van der Waals surface area contributed by atoms with E-state index < -0.39 is 21.5 Å². The SMILES string of the molecule is COc1c(F)cc(N2CCN(C(=O)c3cc(S(C)(=O)=O)ccc3-c3ccc(F)cc3)CC2)cc1Cl.